The Morgan fingerprint density at radius 1 is 1.50 bits per heavy atom. The van der Waals surface area contributed by atoms with Crippen molar-refractivity contribution in [1.82, 2.24) is 9.78 Å². The molecule has 1 amide bonds. The van der Waals surface area contributed by atoms with Gasteiger partial charge >= 0.3 is 0 Å². The van der Waals surface area contributed by atoms with Gasteiger partial charge in [-0.1, -0.05) is 30.7 Å². The minimum Gasteiger partial charge on any atom is -0.366 e. The highest BCUT2D eigenvalue weighted by Crippen LogP contribution is 2.25. The predicted molar refractivity (Wildman–Crippen MR) is 78.6 cm³/mol. The average molecular weight is 293 g/mol. The first-order valence-corrected chi connectivity index (χ1v) is 6.75. The van der Waals surface area contributed by atoms with Crippen molar-refractivity contribution in [3.63, 3.8) is 0 Å². The van der Waals surface area contributed by atoms with Crippen LogP contribution in [0, 0.1) is 0 Å². The minimum absolute atomic E-state index is 0.144. The van der Waals surface area contributed by atoms with E-state index in [2.05, 4.69) is 5.10 Å². The molecule has 0 saturated heterocycles. The van der Waals surface area contributed by atoms with Crippen molar-refractivity contribution in [3.05, 3.63) is 52.8 Å². The van der Waals surface area contributed by atoms with Gasteiger partial charge in [-0.05, 0) is 24.1 Å². The van der Waals surface area contributed by atoms with Crippen LogP contribution in [0.15, 0.2) is 36.7 Å². The van der Waals surface area contributed by atoms with Gasteiger partial charge in [0.25, 0.3) is 5.91 Å². The lowest BCUT2D eigenvalue weighted by atomic mass is 9.98. The Labute approximate surface area is 122 Å². The Kier molecular flexibility index (Phi) is 4.42. The van der Waals surface area contributed by atoms with Gasteiger partial charge in [0.15, 0.2) is 0 Å². The summed E-state index contributed by atoms with van der Waals surface area (Å²) in [5, 5.41) is 4.84. The van der Waals surface area contributed by atoms with Crippen LogP contribution >= 0.6 is 11.6 Å². The van der Waals surface area contributed by atoms with Gasteiger partial charge in [-0.15, -0.1) is 0 Å². The predicted octanol–water partition coefficient (Wildman–Crippen LogP) is 1.96. The summed E-state index contributed by atoms with van der Waals surface area (Å²) in [7, 11) is 0. The summed E-state index contributed by atoms with van der Waals surface area (Å²) in [4.78, 5) is 11.2. The first-order valence-electron chi connectivity index (χ1n) is 6.38. The number of primary amides is 1. The van der Waals surface area contributed by atoms with Crippen molar-refractivity contribution in [2.24, 2.45) is 11.5 Å². The molecule has 0 radical (unpaired) electrons. The molecule has 20 heavy (non-hydrogen) atoms. The second kappa shape index (κ2) is 6.07. The van der Waals surface area contributed by atoms with Gasteiger partial charge in [0.1, 0.15) is 0 Å². The summed E-state index contributed by atoms with van der Waals surface area (Å²) in [6.07, 6.45) is 3.83. The van der Waals surface area contributed by atoms with Gasteiger partial charge in [0.2, 0.25) is 0 Å². The Hall–Kier alpha value is -1.85. The van der Waals surface area contributed by atoms with Crippen LogP contribution in [-0.2, 0) is 0 Å². The number of nitrogens with two attached hydrogens (primary N) is 2. The molecule has 1 aromatic carbocycles. The fourth-order valence-electron chi connectivity index (χ4n) is 2.13. The molecule has 6 heteroatoms. The van der Waals surface area contributed by atoms with Crippen LogP contribution < -0.4 is 11.5 Å². The molecule has 2 atom stereocenters. The summed E-state index contributed by atoms with van der Waals surface area (Å²) in [5.74, 6) is -0.508. The molecule has 4 N–H and O–H groups in total. The molecule has 5 nitrogen and oxygen atoms in total. The molecule has 0 spiro atoms. The summed E-state index contributed by atoms with van der Waals surface area (Å²) >= 11 is 6.04. The monoisotopic (exact) mass is 292 g/mol. The maximum Gasteiger partial charge on any atom is 0.251 e. The fraction of sp³-hybridized carbons (Fsp3) is 0.286. The van der Waals surface area contributed by atoms with Crippen molar-refractivity contribution >= 4 is 17.5 Å². The molecule has 2 rings (SSSR count). The highest BCUT2D eigenvalue weighted by Gasteiger charge is 2.22. The number of nitrogens with zero attached hydrogens (tertiary/aromatic N) is 2. The van der Waals surface area contributed by atoms with E-state index < -0.39 is 5.91 Å². The summed E-state index contributed by atoms with van der Waals surface area (Å²) in [5.41, 5.74) is 12.8. The van der Waals surface area contributed by atoms with Gasteiger partial charge in [0, 0.05) is 17.3 Å². The zero-order chi connectivity index (χ0) is 14.7. The van der Waals surface area contributed by atoms with Gasteiger partial charge in [0.05, 0.1) is 17.8 Å². The zero-order valence-corrected chi connectivity index (χ0v) is 11.9. The maximum atomic E-state index is 11.2. The highest BCUT2D eigenvalue weighted by atomic mass is 35.5. The van der Waals surface area contributed by atoms with E-state index in [0.29, 0.717) is 10.6 Å². The molecular formula is C14H17ClN4O. The first kappa shape index (κ1) is 14.6. The number of carbonyl (C=O) groups is 1. The Bertz CT molecular complexity index is 611. The van der Waals surface area contributed by atoms with Crippen LogP contribution in [0.2, 0.25) is 5.02 Å². The van der Waals surface area contributed by atoms with Gasteiger partial charge < -0.3 is 11.5 Å². The number of amides is 1. The fourth-order valence-corrected chi connectivity index (χ4v) is 2.33. The van der Waals surface area contributed by atoms with Crippen molar-refractivity contribution in [1.29, 1.82) is 0 Å². The molecule has 0 aliphatic carbocycles. The van der Waals surface area contributed by atoms with Crippen molar-refractivity contribution < 1.29 is 4.79 Å². The number of carbonyl (C=O) groups excluding carboxylic acids is 1. The lowest BCUT2D eigenvalue weighted by molar-refractivity contribution is 0.1000. The van der Waals surface area contributed by atoms with Crippen LogP contribution in [0.1, 0.15) is 35.3 Å². The Morgan fingerprint density at radius 3 is 2.80 bits per heavy atom. The van der Waals surface area contributed by atoms with E-state index >= 15 is 0 Å². The smallest absolute Gasteiger partial charge is 0.251 e. The van der Waals surface area contributed by atoms with E-state index in [0.717, 1.165) is 12.0 Å². The molecule has 0 aliphatic rings. The molecule has 0 bridgehead atoms. The third-order valence-electron chi connectivity index (χ3n) is 3.24. The van der Waals surface area contributed by atoms with Crippen LogP contribution in [0.25, 0.3) is 0 Å². The number of benzene rings is 1. The standard InChI is InChI=1S/C14H17ClN4O/c1-2-12(16)13(9-4-3-5-11(15)6-9)19-8-10(7-18-19)14(17)20/h3-8,12-13H,2,16H2,1H3,(H2,17,20). The second-order valence-corrected chi connectivity index (χ2v) is 5.08. The maximum absolute atomic E-state index is 11.2. The van der Waals surface area contributed by atoms with Crippen LogP contribution in [0.4, 0.5) is 0 Å². The first-order chi connectivity index (χ1) is 9.52. The zero-order valence-electron chi connectivity index (χ0n) is 11.2. The SMILES string of the molecule is CCC(N)C(c1cccc(Cl)c1)n1cc(C(N)=O)cn1. The normalized spacial score (nSPS) is 13.9. The number of hydrogen-bond donors (Lipinski definition) is 2. The third-order valence-corrected chi connectivity index (χ3v) is 3.47. The Balaban J connectivity index is 2.44. The lowest BCUT2D eigenvalue weighted by Gasteiger charge is -2.24. The van der Waals surface area contributed by atoms with Crippen molar-refractivity contribution in [2.45, 2.75) is 25.4 Å². The Morgan fingerprint density at radius 2 is 2.25 bits per heavy atom. The quantitative estimate of drug-likeness (QED) is 0.883. The van der Waals surface area contributed by atoms with Crippen LogP contribution in [-0.4, -0.2) is 21.7 Å². The van der Waals surface area contributed by atoms with E-state index in [-0.39, 0.29) is 12.1 Å². The molecule has 1 heterocycles. The number of halogens is 1. The molecule has 0 saturated carbocycles. The van der Waals surface area contributed by atoms with Gasteiger partial charge in [-0.2, -0.15) is 5.10 Å². The van der Waals surface area contributed by atoms with Crippen molar-refractivity contribution in [2.75, 3.05) is 0 Å². The molecule has 2 aromatic rings. The molecule has 0 aliphatic heterocycles. The average Bonchev–Trinajstić information content (AvgIpc) is 2.88. The highest BCUT2D eigenvalue weighted by molar-refractivity contribution is 6.30. The van der Waals surface area contributed by atoms with E-state index in [9.17, 15) is 4.79 Å². The number of hydrogen-bond acceptors (Lipinski definition) is 3. The summed E-state index contributed by atoms with van der Waals surface area (Å²) in [6.45, 7) is 2.00. The van der Waals surface area contributed by atoms with E-state index in [1.165, 1.54) is 6.20 Å². The summed E-state index contributed by atoms with van der Waals surface area (Å²) < 4.78 is 1.67. The number of aromatic nitrogens is 2. The van der Waals surface area contributed by atoms with Gasteiger partial charge in [-0.25, -0.2) is 0 Å². The molecule has 106 valence electrons. The lowest BCUT2D eigenvalue weighted by Crippen LogP contribution is -2.32. The molecule has 1 aromatic heterocycles. The van der Waals surface area contributed by atoms with E-state index in [1.807, 2.05) is 25.1 Å². The molecular weight excluding hydrogens is 276 g/mol. The molecule has 0 fully saturated rings. The number of rotatable bonds is 5. The topological polar surface area (TPSA) is 86.9 Å². The van der Waals surface area contributed by atoms with Crippen molar-refractivity contribution in [3.8, 4) is 0 Å². The second-order valence-electron chi connectivity index (χ2n) is 4.65. The van der Waals surface area contributed by atoms with Crippen LogP contribution in [0.5, 0.6) is 0 Å². The minimum atomic E-state index is -0.508. The summed E-state index contributed by atoms with van der Waals surface area (Å²) in [6, 6.07) is 7.13. The molecule has 2 unspecified atom stereocenters. The van der Waals surface area contributed by atoms with Crippen LogP contribution in [0.3, 0.4) is 0 Å². The van der Waals surface area contributed by atoms with E-state index in [1.54, 1.807) is 16.9 Å². The van der Waals surface area contributed by atoms with E-state index in [4.69, 9.17) is 23.1 Å². The largest absolute Gasteiger partial charge is 0.366 e. The third kappa shape index (κ3) is 3.00. The van der Waals surface area contributed by atoms with Gasteiger partial charge in [-0.3, -0.25) is 9.48 Å².